The Morgan fingerprint density at radius 2 is 2.11 bits per heavy atom. The average Bonchev–Trinajstić information content (AvgIpc) is 2.79. The van der Waals surface area contributed by atoms with E-state index in [-0.39, 0.29) is 0 Å². The molecule has 0 atom stereocenters. The Morgan fingerprint density at radius 3 is 2.67 bits per heavy atom. The molecule has 0 amide bonds. The van der Waals surface area contributed by atoms with Gasteiger partial charge in [-0.15, -0.1) is 11.3 Å². The number of nitrogens with two attached hydrogens (primary N) is 1. The predicted octanol–water partition coefficient (Wildman–Crippen LogP) is 3.05. The zero-order valence-electron chi connectivity index (χ0n) is 10.1. The van der Waals surface area contributed by atoms with Crippen molar-refractivity contribution in [2.75, 3.05) is 14.2 Å². The molecule has 1 aromatic heterocycles. The second-order valence-corrected chi connectivity index (χ2v) is 5.34. The van der Waals surface area contributed by atoms with E-state index in [1.807, 2.05) is 18.2 Å². The molecule has 4 nitrogen and oxygen atoms in total. The molecule has 0 fully saturated rings. The summed E-state index contributed by atoms with van der Waals surface area (Å²) in [6, 6.07) is 5.66. The largest absolute Gasteiger partial charge is 0.497 e. The lowest BCUT2D eigenvalue weighted by atomic mass is 10.2. The van der Waals surface area contributed by atoms with Crippen LogP contribution in [0, 0.1) is 0 Å². The second-order valence-electron chi connectivity index (χ2n) is 3.50. The van der Waals surface area contributed by atoms with E-state index < -0.39 is 0 Å². The van der Waals surface area contributed by atoms with Crippen LogP contribution in [0.2, 0.25) is 0 Å². The lowest BCUT2D eigenvalue weighted by Crippen LogP contribution is -1.92. The van der Waals surface area contributed by atoms with Crippen LogP contribution in [0.1, 0.15) is 4.88 Å². The average molecular weight is 329 g/mol. The van der Waals surface area contributed by atoms with E-state index in [9.17, 15) is 0 Å². The number of rotatable bonds is 4. The Hall–Kier alpha value is -1.11. The molecule has 0 spiro atoms. The van der Waals surface area contributed by atoms with Crippen LogP contribution in [0.3, 0.4) is 0 Å². The van der Waals surface area contributed by atoms with E-state index in [2.05, 4.69) is 20.9 Å². The number of halogens is 1. The Bertz CT molecular complexity index is 557. The summed E-state index contributed by atoms with van der Waals surface area (Å²) in [7, 11) is 3.26. The van der Waals surface area contributed by atoms with Crippen LogP contribution in [-0.2, 0) is 6.54 Å². The zero-order chi connectivity index (χ0) is 13.1. The smallest absolute Gasteiger partial charge is 0.132 e. The summed E-state index contributed by atoms with van der Waals surface area (Å²) in [5.74, 6) is 1.49. The Balaban J connectivity index is 2.48. The summed E-state index contributed by atoms with van der Waals surface area (Å²) < 4.78 is 11.3. The van der Waals surface area contributed by atoms with Gasteiger partial charge in [-0.2, -0.15) is 0 Å². The first-order chi connectivity index (χ1) is 8.69. The van der Waals surface area contributed by atoms with Gasteiger partial charge in [0.15, 0.2) is 0 Å². The highest BCUT2D eigenvalue weighted by atomic mass is 79.9. The van der Waals surface area contributed by atoms with Crippen molar-refractivity contribution in [2.45, 2.75) is 6.54 Å². The molecular weight excluding hydrogens is 316 g/mol. The van der Waals surface area contributed by atoms with Crippen molar-refractivity contribution in [3.8, 4) is 22.1 Å². The van der Waals surface area contributed by atoms with E-state index in [0.717, 1.165) is 31.6 Å². The van der Waals surface area contributed by atoms with Gasteiger partial charge in [0.1, 0.15) is 21.1 Å². The SMILES string of the molecule is COc1ccc(-c2nc(Br)c(CN)s2)c(OC)c1. The van der Waals surface area contributed by atoms with E-state index in [1.54, 1.807) is 25.6 Å². The summed E-state index contributed by atoms with van der Waals surface area (Å²) in [5, 5.41) is 0.877. The molecule has 0 aliphatic rings. The van der Waals surface area contributed by atoms with Gasteiger partial charge in [-0.05, 0) is 28.1 Å². The summed E-state index contributed by atoms with van der Waals surface area (Å²) in [6.45, 7) is 0.469. The minimum atomic E-state index is 0.469. The summed E-state index contributed by atoms with van der Waals surface area (Å²) in [5.41, 5.74) is 6.58. The lowest BCUT2D eigenvalue weighted by molar-refractivity contribution is 0.395. The van der Waals surface area contributed by atoms with Crippen LogP contribution >= 0.6 is 27.3 Å². The maximum absolute atomic E-state index is 5.65. The van der Waals surface area contributed by atoms with Gasteiger partial charge in [-0.25, -0.2) is 4.98 Å². The molecule has 0 bridgehead atoms. The quantitative estimate of drug-likeness (QED) is 0.937. The van der Waals surface area contributed by atoms with Gasteiger partial charge in [-0.1, -0.05) is 0 Å². The topological polar surface area (TPSA) is 57.4 Å². The molecule has 0 aliphatic heterocycles. The highest BCUT2D eigenvalue weighted by Crippen LogP contribution is 2.37. The third kappa shape index (κ3) is 2.50. The van der Waals surface area contributed by atoms with Crippen molar-refractivity contribution in [3.05, 3.63) is 27.7 Å². The van der Waals surface area contributed by atoms with E-state index in [1.165, 1.54) is 0 Å². The van der Waals surface area contributed by atoms with Crippen molar-refractivity contribution >= 4 is 27.3 Å². The molecule has 0 saturated heterocycles. The molecule has 2 aromatic rings. The van der Waals surface area contributed by atoms with Gasteiger partial charge < -0.3 is 15.2 Å². The van der Waals surface area contributed by atoms with E-state index in [0.29, 0.717) is 6.54 Å². The molecule has 96 valence electrons. The van der Waals surface area contributed by atoms with Crippen LogP contribution < -0.4 is 15.2 Å². The first-order valence-electron chi connectivity index (χ1n) is 5.27. The molecule has 0 radical (unpaired) electrons. The summed E-state index contributed by atoms with van der Waals surface area (Å²) in [4.78, 5) is 5.47. The van der Waals surface area contributed by atoms with Crippen molar-refractivity contribution in [2.24, 2.45) is 5.73 Å². The molecule has 2 N–H and O–H groups in total. The fourth-order valence-corrected chi connectivity index (χ4v) is 3.11. The van der Waals surface area contributed by atoms with Crippen LogP contribution in [0.5, 0.6) is 11.5 Å². The van der Waals surface area contributed by atoms with E-state index >= 15 is 0 Å². The molecule has 0 saturated carbocycles. The summed E-state index contributed by atoms with van der Waals surface area (Å²) >= 11 is 4.95. The molecular formula is C12H13BrN2O2S. The molecule has 6 heteroatoms. The zero-order valence-corrected chi connectivity index (χ0v) is 12.5. The molecule has 0 unspecified atom stereocenters. The minimum absolute atomic E-state index is 0.469. The fourth-order valence-electron chi connectivity index (χ4n) is 1.55. The van der Waals surface area contributed by atoms with Gasteiger partial charge in [0, 0.05) is 12.6 Å². The molecule has 2 rings (SSSR count). The standard InChI is InChI=1S/C12H13BrN2O2S/c1-16-7-3-4-8(9(5-7)17-2)12-15-11(13)10(6-14)18-12/h3-5H,6,14H2,1-2H3. The first-order valence-corrected chi connectivity index (χ1v) is 6.88. The van der Waals surface area contributed by atoms with Crippen molar-refractivity contribution < 1.29 is 9.47 Å². The Labute approximate surface area is 118 Å². The lowest BCUT2D eigenvalue weighted by Gasteiger charge is -2.08. The van der Waals surface area contributed by atoms with Gasteiger partial charge >= 0.3 is 0 Å². The molecule has 0 aliphatic carbocycles. The summed E-state index contributed by atoms with van der Waals surface area (Å²) in [6.07, 6.45) is 0. The first kappa shape index (κ1) is 13.3. The van der Waals surface area contributed by atoms with Crippen molar-refractivity contribution in [1.82, 2.24) is 4.98 Å². The number of hydrogen-bond donors (Lipinski definition) is 1. The number of methoxy groups -OCH3 is 2. The second kappa shape index (κ2) is 5.69. The number of hydrogen-bond acceptors (Lipinski definition) is 5. The van der Waals surface area contributed by atoms with Crippen molar-refractivity contribution in [3.63, 3.8) is 0 Å². The van der Waals surface area contributed by atoms with Gasteiger partial charge in [0.2, 0.25) is 0 Å². The molecule has 1 heterocycles. The van der Waals surface area contributed by atoms with Gasteiger partial charge in [0.25, 0.3) is 0 Å². The number of thiazole rings is 1. The number of nitrogens with zero attached hydrogens (tertiary/aromatic N) is 1. The van der Waals surface area contributed by atoms with Gasteiger partial charge in [0.05, 0.1) is 24.7 Å². The fraction of sp³-hybridized carbons (Fsp3) is 0.250. The maximum atomic E-state index is 5.65. The van der Waals surface area contributed by atoms with Crippen LogP contribution in [-0.4, -0.2) is 19.2 Å². The minimum Gasteiger partial charge on any atom is -0.497 e. The Kier molecular flexibility index (Phi) is 4.21. The highest BCUT2D eigenvalue weighted by Gasteiger charge is 2.14. The molecule has 1 aromatic carbocycles. The maximum Gasteiger partial charge on any atom is 0.132 e. The van der Waals surface area contributed by atoms with Crippen LogP contribution in [0.15, 0.2) is 22.8 Å². The number of ether oxygens (including phenoxy) is 2. The third-order valence-corrected chi connectivity index (χ3v) is 4.50. The predicted molar refractivity (Wildman–Crippen MR) is 76.2 cm³/mol. The monoisotopic (exact) mass is 328 g/mol. The van der Waals surface area contributed by atoms with E-state index in [4.69, 9.17) is 15.2 Å². The van der Waals surface area contributed by atoms with Crippen LogP contribution in [0.4, 0.5) is 0 Å². The van der Waals surface area contributed by atoms with Crippen LogP contribution in [0.25, 0.3) is 10.6 Å². The van der Waals surface area contributed by atoms with Gasteiger partial charge in [-0.3, -0.25) is 0 Å². The third-order valence-electron chi connectivity index (χ3n) is 2.47. The normalized spacial score (nSPS) is 10.4. The Morgan fingerprint density at radius 1 is 1.33 bits per heavy atom. The number of aromatic nitrogens is 1. The molecule has 18 heavy (non-hydrogen) atoms. The number of benzene rings is 1. The highest BCUT2D eigenvalue weighted by molar-refractivity contribution is 9.10. The van der Waals surface area contributed by atoms with Crippen molar-refractivity contribution in [1.29, 1.82) is 0 Å².